The van der Waals surface area contributed by atoms with Gasteiger partial charge in [-0.1, -0.05) is 0 Å². The van der Waals surface area contributed by atoms with E-state index in [4.69, 9.17) is 20.8 Å². The number of carbonyl (C=O) groups excluding carboxylic acids is 1. The molecule has 3 aromatic heterocycles. The molecule has 0 radical (unpaired) electrons. The van der Waals surface area contributed by atoms with Crippen molar-refractivity contribution in [3.05, 3.63) is 47.1 Å². The lowest BCUT2D eigenvalue weighted by Crippen LogP contribution is -2.08. The molecule has 1 aliphatic heterocycles. The Balaban J connectivity index is 1.61. The van der Waals surface area contributed by atoms with Crippen LogP contribution in [0.4, 0.5) is 14.5 Å². The van der Waals surface area contributed by atoms with E-state index < -0.39 is 17.9 Å². The molecule has 4 aromatic rings. The second-order valence-corrected chi connectivity index (χ2v) is 7.11. The third-order valence-electron chi connectivity index (χ3n) is 4.69. The van der Waals surface area contributed by atoms with Gasteiger partial charge < -0.3 is 14.5 Å². The second kappa shape index (κ2) is 7.24. The molecule has 1 aliphatic rings. The first-order valence-corrected chi connectivity index (χ1v) is 9.45. The maximum atomic E-state index is 13.2. The largest absolute Gasteiger partial charge is 0.449 e. The van der Waals surface area contributed by atoms with Crippen molar-refractivity contribution in [1.29, 1.82) is 0 Å². The molecular formula is C20H12ClF2N5O3. The summed E-state index contributed by atoms with van der Waals surface area (Å²) in [5, 5.41) is 4.31. The van der Waals surface area contributed by atoms with Gasteiger partial charge in [0.1, 0.15) is 5.58 Å². The molecule has 4 heterocycles. The molecule has 0 saturated carbocycles. The minimum absolute atomic E-state index is 0.0429. The molecule has 0 fully saturated rings. The van der Waals surface area contributed by atoms with Gasteiger partial charge in [-0.2, -0.15) is 4.98 Å². The number of amides is 1. The Morgan fingerprint density at radius 3 is 2.87 bits per heavy atom. The van der Waals surface area contributed by atoms with Crippen LogP contribution < -0.4 is 10.1 Å². The summed E-state index contributed by atoms with van der Waals surface area (Å²) in [6, 6.07) is 6.55. The molecule has 1 N–H and O–H groups in total. The van der Waals surface area contributed by atoms with E-state index >= 15 is 0 Å². The van der Waals surface area contributed by atoms with E-state index in [-0.39, 0.29) is 22.8 Å². The van der Waals surface area contributed by atoms with E-state index in [1.165, 1.54) is 6.07 Å². The molecule has 156 valence electrons. The van der Waals surface area contributed by atoms with Crippen LogP contribution in [-0.2, 0) is 0 Å². The van der Waals surface area contributed by atoms with Gasteiger partial charge in [0.15, 0.2) is 0 Å². The van der Waals surface area contributed by atoms with Crippen molar-refractivity contribution >= 4 is 50.8 Å². The van der Waals surface area contributed by atoms with Gasteiger partial charge in [-0.05, 0) is 36.7 Å². The molecule has 0 unspecified atom stereocenters. The van der Waals surface area contributed by atoms with Crippen molar-refractivity contribution in [3.63, 3.8) is 0 Å². The Hall–Kier alpha value is -3.66. The number of fused-ring (bicyclic) bond motifs is 5. The van der Waals surface area contributed by atoms with Gasteiger partial charge in [0.05, 0.1) is 28.7 Å². The Morgan fingerprint density at radius 2 is 2.06 bits per heavy atom. The first-order valence-electron chi connectivity index (χ1n) is 9.08. The van der Waals surface area contributed by atoms with Crippen molar-refractivity contribution in [2.45, 2.75) is 13.3 Å². The number of aromatic nitrogens is 3. The summed E-state index contributed by atoms with van der Waals surface area (Å²) in [5.74, 6) is -0.673. The first kappa shape index (κ1) is 19.3. The highest BCUT2D eigenvalue weighted by Gasteiger charge is 2.25. The van der Waals surface area contributed by atoms with Crippen LogP contribution in [0.2, 0.25) is 5.28 Å². The number of alkyl halides is 2. The lowest BCUT2D eigenvalue weighted by molar-refractivity contribution is 0.0980. The zero-order chi connectivity index (χ0) is 21.7. The van der Waals surface area contributed by atoms with Gasteiger partial charge >= 0.3 is 5.91 Å². The summed E-state index contributed by atoms with van der Waals surface area (Å²) in [7, 11) is 0. The van der Waals surface area contributed by atoms with E-state index in [2.05, 4.69) is 25.3 Å². The molecule has 0 atom stereocenters. The van der Waals surface area contributed by atoms with Gasteiger partial charge in [-0.3, -0.25) is 4.79 Å². The molecule has 1 aromatic carbocycles. The van der Waals surface area contributed by atoms with E-state index in [1.54, 1.807) is 25.1 Å². The summed E-state index contributed by atoms with van der Waals surface area (Å²) in [5.41, 5.74) is 1.66. The Labute approximate surface area is 177 Å². The number of aliphatic imine (C=N–C) groups is 1. The van der Waals surface area contributed by atoms with Gasteiger partial charge in [-0.25, -0.2) is 23.7 Å². The molecule has 1 amide bonds. The fraction of sp³-hybridized carbons (Fsp3) is 0.150. The van der Waals surface area contributed by atoms with Crippen LogP contribution in [0.1, 0.15) is 29.5 Å². The number of hydrogen-bond donors (Lipinski definition) is 1. The van der Waals surface area contributed by atoms with Crippen LogP contribution >= 0.6 is 11.6 Å². The zero-order valence-corrected chi connectivity index (χ0v) is 16.6. The van der Waals surface area contributed by atoms with Crippen molar-refractivity contribution < 1.29 is 22.7 Å². The predicted octanol–water partition coefficient (Wildman–Crippen LogP) is 5.18. The van der Waals surface area contributed by atoms with E-state index in [9.17, 15) is 13.6 Å². The van der Waals surface area contributed by atoms with Crippen molar-refractivity contribution in [2.75, 3.05) is 11.9 Å². The molecule has 31 heavy (non-hydrogen) atoms. The summed E-state index contributed by atoms with van der Waals surface area (Å²) in [4.78, 5) is 28.0. The van der Waals surface area contributed by atoms with Crippen LogP contribution in [0.15, 0.2) is 39.9 Å². The topological polar surface area (TPSA) is 102 Å². The number of hydrogen-bond acceptors (Lipinski definition) is 7. The van der Waals surface area contributed by atoms with Crippen LogP contribution in [-0.4, -0.2) is 33.1 Å². The number of furan rings is 1. The van der Waals surface area contributed by atoms with Crippen LogP contribution in [0.5, 0.6) is 11.8 Å². The highest BCUT2D eigenvalue weighted by molar-refractivity contribution is 6.28. The zero-order valence-electron chi connectivity index (χ0n) is 15.8. The summed E-state index contributed by atoms with van der Waals surface area (Å²) < 4.78 is 37.7. The van der Waals surface area contributed by atoms with Gasteiger partial charge in [0, 0.05) is 23.4 Å². The fourth-order valence-electron chi connectivity index (χ4n) is 3.32. The number of benzene rings is 1. The van der Waals surface area contributed by atoms with Gasteiger partial charge in [0.25, 0.3) is 6.43 Å². The second-order valence-electron chi connectivity index (χ2n) is 6.77. The Kier molecular flexibility index (Phi) is 4.51. The summed E-state index contributed by atoms with van der Waals surface area (Å²) in [6.45, 7) is 2.14. The monoisotopic (exact) mass is 443 g/mol. The third-order valence-corrected chi connectivity index (χ3v) is 4.87. The average molecular weight is 444 g/mol. The predicted molar refractivity (Wildman–Crippen MR) is 110 cm³/mol. The van der Waals surface area contributed by atoms with Crippen LogP contribution in [0.3, 0.4) is 0 Å². The standard InChI is InChI=1S/C20H12ClF2N5O3/c1-8-6-24-15-14-9-2-5-13(31-19-10(17(22)23)7-25-20(21)28-19)27-11(9)3-4-12(14)30-16(15)18(29)26-8/h2-5,7,17,24H,6H2,1H3. The minimum atomic E-state index is -2.84. The minimum Gasteiger partial charge on any atom is -0.449 e. The maximum Gasteiger partial charge on any atom is 0.314 e. The highest BCUT2D eigenvalue weighted by atomic mass is 35.5. The van der Waals surface area contributed by atoms with Gasteiger partial charge in [0.2, 0.25) is 22.8 Å². The number of pyridine rings is 1. The lowest BCUT2D eigenvalue weighted by Gasteiger charge is -2.10. The van der Waals surface area contributed by atoms with Crippen molar-refractivity contribution in [2.24, 2.45) is 4.99 Å². The molecule has 0 saturated heterocycles. The maximum absolute atomic E-state index is 13.2. The van der Waals surface area contributed by atoms with E-state index in [1.807, 2.05) is 0 Å². The number of rotatable bonds is 3. The number of halogens is 3. The van der Waals surface area contributed by atoms with E-state index in [0.29, 0.717) is 39.8 Å². The number of nitrogens with zero attached hydrogens (tertiary/aromatic N) is 4. The number of carbonyl (C=O) groups is 1. The third kappa shape index (κ3) is 3.34. The lowest BCUT2D eigenvalue weighted by atomic mass is 10.1. The smallest absolute Gasteiger partial charge is 0.314 e. The van der Waals surface area contributed by atoms with Crippen LogP contribution in [0, 0.1) is 0 Å². The molecule has 0 spiro atoms. The van der Waals surface area contributed by atoms with Gasteiger partial charge in [-0.15, -0.1) is 0 Å². The molecular weight excluding hydrogens is 432 g/mol. The summed E-state index contributed by atoms with van der Waals surface area (Å²) >= 11 is 5.72. The molecule has 5 rings (SSSR count). The quantitative estimate of drug-likeness (QED) is 0.435. The number of ether oxygens (including phenoxy) is 1. The molecule has 0 aliphatic carbocycles. The Morgan fingerprint density at radius 1 is 1.23 bits per heavy atom. The normalized spacial score (nSPS) is 13.8. The average Bonchev–Trinajstić information content (AvgIpc) is 3.04. The highest BCUT2D eigenvalue weighted by Crippen LogP contribution is 2.38. The van der Waals surface area contributed by atoms with Crippen molar-refractivity contribution in [3.8, 4) is 11.8 Å². The summed E-state index contributed by atoms with van der Waals surface area (Å²) in [6.07, 6.45) is -1.93. The number of anilines is 1. The van der Waals surface area contributed by atoms with Crippen molar-refractivity contribution in [1.82, 2.24) is 15.0 Å². The first-order chi connectivity index (χ1) is 14.9. The number of nitrogens with one attached hydrogen (secondary N) is 1. The fourth-order valence-corrected chi connectivity index (χ4v) is 3.45. The van der Waals surface area contributed by atoms with E-state index in [0.717, 1.165) is 6.20 Å². The molecule has 0 bridgehead atoms. The molecule has 8 nitrogen and oxygen atoms in total. The molecule has 11 heteroatoms. The Bertz CT molecular complexity index is 1400. The van der Waals surface area contributed by atoms with Crippen LogP contribution in [0.25, 0.3) is 21.9 Å². The SMILES string of the molecule is CC1=NC(=O)c2oc3ccc4nc(Oc5nc(Cl)ncc5C(F)F)ccc4c3c2NC1.